The zero-order chi connectivity index (χ0) is 20.4. The van der Waals surface area contributed by atoms with Gasteiger partial charge in [-0.2, -0.15) is 5.10 Å². The number of nitrogens with zero attached hydrogens (tertiary/aromatic N) is 1. The zero-order valence-electron chi connectivity index (χ0n) is 15.7. The SMILES string of the molecule is CCOc1cc(C=NNC(=O)CCC(=O)Nc2ccccc2)cc(Br)c1OC. The number of anilines is 1. The molecule has 2 aromatic carbocycles. The minimum Gasteiger partial charge on any atom is -0.492 e. The Morgan fingerprint density at radius 1 is 1.14 bits per heavy atom. The predicted molar refractivity (Wildman–Crippen MR) is 112 cm³/mol. The van der Waals surface area contributed by atoms with Gasteiger partial charge in [0.05, 0.1) is 24.4 Å². The monoisotopic (exact) mass is 447 g/mol. The lowest BCUT2D eigenvalue weighted by Gasteiger charge is -2.11. The summed E-state index contributed by atoms with van der Waals surface area (Å²) in [6, 6.07) is 12.6. The molecule has 0 atom stereocenters. The number of hydrogen-bond donors (Lipinski definition) is 2. The summed E-state index contributed by atoms with van der Waals surface area (Å²) in [7, 11) is 1.56. The normalized spacial score (nSPS) is 10.5. The van der Waals surface area contributed by atoms with Crippen LogP contribution in [-0.2, 0) is 9.59 Å². The van der Waals surface area contributed by atoms with Crippen molar-refractivity contribution < 1.29 is 19.1 Å². The highest BCUT2D eigenvalue weighted by atomic mass is 79.9. The Balaban J connectivity index is 1.85. The largest absolute Gasteiger partial charge is 0.492 e. The van der Waals surface area contributed by atoms with E-state index in [1.807, 2.05) is 25.1 Å². The Morgan fingerprint density at radius 2 is 1.86 bits per heavy atom. The maximum atomic E-state index is 11.9. The fourth-order valence-electron chi connectivity index (χ4n) is 2.33. The summed E-state index contributed by atoms with van der Waals surface area (Å²) in [5, 5.41) is 6.65. The summed E-state index contributed by atoms with van der Waals surface area (Å²) in [5.41, 5.74) is 3.83. The molecule has 0 spiro atoms. The fraction of sp³-hybridized carbons (Fsp3) is 0.250. The highest BCUT2D eigenvalue weighted by Gasteiger charge is 2.10. The summed E-state index contributed by atoms with van der Waals surface area (Å²) in [5.74, 6) is 0.583. The standard InChI is InChI=1S/C20H22BrN3O4/c1-3-28-17-12-14(11-16(21)20(17)27-2)13-22-24-19(26)10-9-18(25)23-15-7-5-4-6-8-15/h4-8,11-13H,3,9-10H2,1-2H3,(H,23,25)(H,24,26). The van der Waals surface area contributed by atoms with Crippen LogP contribution in [0, 0.1) is 0 Å². The second-order valence-corrected chi connectivity index (χ2v) is 6.53. The van der Waals surface area contributed by atoms with Gasteiger partial charge < -0.3 is 14.8 Å². The number of methoxy groups -OCH3 is 1. The summed E-state index contributed by atoms with van der Waals surface area (Å²) in [6.45, 7) is 2.37. The van der Waals surface area contributed by atoms with Crippen molar-refractivity contribution in [1.29, 1.82) is 0 Å². The Bertz CT molecular complexity index is 841. The van der Waals surface area contributed by atoms with Gasteiger partial charge in [-0.1, -0.05) is 18.2 Å². The van der Waals surface area contributed by atoms with Crippen LogP contribution in [0.3, 0.4) is 0 Å². The molecular weight excluding hydrogens is 426 g/mol. The van der Waals surface area contributed by atoms with Crippen LogP contribution >= 0.6 is 15.9 Å². The van der Waals surface area contributed by atoms with E-state index in [4.69, 9.17) is 9.47 Å². The first kappa shape index (κ1) is 21.4. The van der Waals surface area contributed by atoms with Crippen molar-refractivity contribution in [2.45, 2.75) is 19.8 Å². The van der Waals surface area contributed by atoms with Gasteiger partial charge in [-0.15, -0.1) is 0 Å². The van der Waals surface area contributed by atoms with Gasteiger partial charge in [-0.3, -0.25) is 9.59 Å². The highest BCUT2D eigenvalue weighted by Crippen LogP contribution is 2.36. The molecule has 2 N–H and O–H groups in total. The molecule has 7 nitrogen and oxygen atoms in total. The maximum Gasteiger partial charge on any atom is 0.240 e. The predicted octanol–water partition coefficient (Wildman–Crippen LogP) is 3.73. The Morgan fingerprint density at radius 3 is 2.54 bits per heavy atom. The van der Waals surface area contributed by atoms with E-state index < -0.39 is 0 Å². The van der Waals surface area contributed by atoms with E-state index in [-0.39, 0.29) is 24.7 Å². The number of ether oxygens (including phenoxy) is 2. The van der Waals surface area contributed by atoms with Gasteiger partial charge in [-0.25, -0.2) is 5.43 Å². The molecule has 2 aromatic rings. The lowest BCUT2D eigenvalue weighted by Crippen LogP contribution is -2.20. The molecular formula is C20H22BrN3O4. The fourth-order valence-corrected chi connectivity index (χ4v) is 2.95. The van der Waals surface area contributed by atoms with E-state index in [9.17, 15) is 9.59 Å². The van der Waals surface area contributed by atoms with Crippen molar-refractivity contribution in [3.63, 3.8) is 0 Å². The van der Waals surface area contributed by atoms with Crippen molar-refractivity contribution in [2.75, 3.05) is 19.0 Å². The van der Waals surface area contributed by atoms with Crippen LogP contribution < -0.4 is 20.2 Å². The molecule has 0 saturated carbocycles. The maximum absolute atomic E-state index is 11.9. The van der Waals surface area contributed by atoms with Crippen LogP contribution in [0.1, 0.15) is 25.3 Å². The third-order valence-corrected chi connectivity index (χ3v) is 4.16. The number of amides is 2. The van der Waals surface area contributed by atoms with Crippen LogP contribution in [0.2, 0.25) is 0 Å². The molecule has 0 aliphatic rings. The number of carbonyl (C=O) groups is 2. The van der Waals surface area contributed by atoms with Crippen LogP contribution in [0.25, 0.3) is 0 Å². The topological polar surface area (TPSA) is 89.0 Å². The zero-order valence-corrected chi connectivity index (χ0v) is 17.3. The molecule has 0 fully saturated rings. The number of carbonyl (C=O) groups excluding carboxylic acids is 2. The van der Waals surface area contributed by atoms with Gasteiger partial charge in [-0.05, 0) is 52.7 Å². The molecule has 0 aromatic heterocycles. The van der Waals surface area contributed by atoms with E-state index in [0.29, 0.717) is 28.3 Å². The lowest BCUT2D eigenvalue weighted by atomic mass is 10.2. The molecule has 2 amide bonds. The van der Waals surface area contributed by atoms with Crippen LogP contribution in [0.15, 0.2) is 52.0 Å². The summed E-state index contributed by atoms with van der Waals surface area (Å²) in [4.78, 5) is 23.7. The van der Waals surface area contributed by atoms with Gasteiger partial charge >= 0.3 is 0 Å². The molecule has 28 heavy (non-hydrogen) atoms. The first-order valence-electron chi connectivity index (χ1n) is 8.70. The summed E-state index contributed by atoms with van der Waals surface area (Å²) < 4.78 is 11.6. The average molecular weight is 448 g/mol. The van der Waals surface area contributed by atoms with Crippen molar-refractivity contribution in [2.24, 2.45) is 5.10 Å². The van der Waals surface area contributed by atoms with Gasteiger partial charge in [0.2, 0.25) is 11.8 Å². The van der Waals surface area contributed by atoms with Gasteiger partial charge in [0.15, 0.2) is 11.5 Å². The third kappa shape index (κ3) is 6.70. The molecule has 8 heteroatoms. The molecule has 0 saturated heterocycles. The smallest absolute Gasteiger partial charge is 0.240 e. The van der Waals surface area contributed by atoms with Crippen molar-refractivity contribution in [1.82, 2.24) is 5.43 Å². The number of para-hydroxylation sites is 1. The molecule has 0 bridgehead atoms. The Kier molecular flexibility index (Phi) is 8.48. The number of hydrazone groups is 1. The van der Waals surface area contributed by atoms with Crippen LogP contribution in [0.5, 0.6) is 11.5 Å². The number of nitrogens with one attached hydrogen (secondary N) is 2. The van der Waals surface area contributed by atoms with E-state index in [2.05, 4.69) is 31.8 Å². The van der Waals surface area contributed by atoms with Crippen molar-refractivity contribution >= 4 is 39.6 Å². The third-order valence-electron chi connectivity index (χ3n) is 3.58. The quantitative estimate of drug-likeness (QED) is 0.452. The molecule has 2 rings (SSSR count). The van der Waals surface area contributed by atoms with E-state index >= 15 is 0 Å². The first-order valence-corrected chi connectivity index (χ1v) is 9.50. The van der Waals surface area contributed by atoms with E-state index in [1.54, 1.807) is 31.4 Å². The second kappa shape index (κ2) is 11.1. The Hall–Kier alpha value is -2.87. The minimum atomic E-state index is -0.350. The number of benzene rings is 2. The van der Waals surface area contributed by atoms with Crippen LogP contribution in [-0.4, -0.2) is 31.7 Å². The van der Waals surface area contributed by atoms with Crippen LogP contribution in [0.4, 0.5) is 5.69 Å². The first-order chi connectivity index (χ1) is 13.5. The molecule has 0 aliphatic heterocycles. The highest BCUT2D eigenvalue weighted by molar-refractivity contribution is 9.10. The number of halogens is 1. The summed E-state index contributed by atoms with van der Waals surface area (Å²) >= 11 is 3.42. The van der Waals surface area contributed by atoms with E-state index in [0.717, 1.165) is 5.56 Å². The lowest BCUT2D eigenvalue weighted by molar-refractivity contribution is -0.124. The molecule has 0 unspecified atom stereocenters. The van der Waals surface area contributed by atoms with Crippen molar-refractivity contribution in [3.05, 3.63) is 52.5 Å². The molecule has 148 valence electrons. The summed E-state index contributed by atoms with van der Waals surface area (Å²) in [6.07, 6.45) is 1.60. The molecule has 0 heterocycles. The van der Waals surface area contributed by atoms with Gasteiger partial charge in [0.1, 0.15) is 0 Å². The Labute approximate surface area is 172 Å². The molecule has 0 radical (unpaired) electrons. The number of hydrogen-bond acceptors (Lipinski definition) is 5. The average Bonchev–Trinajstić information content (AvgIpc) is 2.67. The number of rotatable bonds is 9. The van der Waals surface area contributed by atoms with E-state index in [1.165, 1.54) is 6.21 Å². The minimum absolute atomic E-state index is 0.0342. The van der Waals surface area contributed by atoms with Crippen molar-refractivity contribution in [3.8, 4) is 11.5 Å². The molecule has 0 aliphatic carbocycles. The van der Waals surface area contributed by atoms with Gasteiger partial charge in [0, 0.05) is 18.5 Å². The second-order valence-electron chi connectivity index (χ2n) is 5.67. The van der Waals surface area contributed by atoms with Gasteiger partial charge in [0.25, 0.3) is 0 Å².